The summed E-state index contributed by atoms with van der Waals surface area (Å²) in [5.41, 5.74) is 7.81. The van der Waals surface area contributed by atoms with Crippen molar-refractivity contribution in [3.8, 4) is 0 Å². The van der Waals surface area contributed by atoms with Gasteiger partial charge in [0.2, 0.25) is 0 Å². The molecule has 0 saturated carbocycles. The summed E-state index contributed by atoms with van der Waals surface area (Å²) in [5.74, 6) is 0.407. The van der Waals surface area contributed by atoms with Crippen LogP contribution in [0.3, 0.4) is 0 Å². The van der Waals surface area contributed by atoms with Gasteiger partial charge in [-0.05, 0) is 36.0 Å². The maximum Gasteiger partial charge on any atom is 0.270 e. The number of benzene rings is 1. The Labute approximate surface area is 109 Å². The van der Waals surface area contributed by atoms with Crippen molar-refractivity contribution < 1.29 is 4.79 Å². The minimum absolute atomic E-state index is 0.00338. The van der Waals surface area contributed by atoms with Crippen LogP contribution >= 0.6 is 11.5 Å². The number of carbonyl (C=O) groups excluding carboxylic acids is 1. The summed E-state index contributed by atoms with van der Waals surface area (Å²) in [6, 6.07) is 9.69. The molecule has 0 saturated heterocycles. The van der Waals surface area contributed by atoms with Gasteiger partial charge in [-0.1, -0.05) is 18.2 Å². The fourth-order valence-corrected chi connectivity index (χ4v) is 2.89. The second kappa shape index (κ2) is 4.42. The molecular formula is C13H13N3OS. The predicted molar refractivity (Wildman–Crippen MR) is 73.0 cm³/mol. The van der Waals surface area contributed by atoms with Crippen LogP contribution < -0.4 is 10.6 Å². The number of fused-ring (bicyclic) bond motifs is 1. The molecule has 1 aromatic heterocycles. The van der Waals surface area contributed by atoms with Crippen molar-refractivity contribution in [2.75, 3.05) is 17.2 Å². The Bertz CT molecular complexity index is 593. The first-order valence-electron chi connectivity index (χ1n) is 5.87. The fourth-order valence-electron chi connectivity index (χ4n) is 2.27. The van der Waals surface area contributed by atoms with Gasteiger partial charge < -0.3 is 10.6 Å². The fraction of sp³-hybridized carbons (Fsp3) is 0.231. The number of nitrogens with zero attached hydrogens (tertiary/aromatic N) is 2. The van der Waals surface area contributed by atoms with Crippen molar-refractivity contribution in [3.05, 3.63) is 40.8 Å². The van der Waals surface area contributed by atoms with Crippen molar-refractivity contribution in [2.24, 2.45) is 0 Å². The topological polar surface area (TPSA) is 59.2 Å². The third-order valence-corrected chi connectivity index (χ3v) is 3.89. The maximum atomic E-state index is 12.4. The average molecular weight is 259 g/mol. The van der Waals surface area contributed by atoms with E-state index in [9.17, 15) is 4.79 Å². The van der Waals surface area contributed by atoms with E-state index < -0.39 is 0 Å². The normalized spacial score (nSPS) is 14.3. The lowest BCUT2D eigenvalue weighted by molar-refractivity contribution is 0.0989. The van der Waals surface area contributed by atoms with Gasteiger partial charge in [0, 0.05) is 18.3 Å². The van der Waals surface area contributed by atoms with Gasteiger partial charge in [-0.25, -0.2) is 0 Å². The van der Waals surface area contributed by atoms with Crippen LogP contribution in [0.25, 0.3) is 0 Å². The van der Waals surface area contributed by atoms with Gasteiger partial charge in [0.1, 0.15) is 10.7 Å². The minimum atomic E-state index is -0.00338. The first-order valence-corrected chi connectivity index (χ1v) is 6.65. The van der Waals surface area contributed by atoms with Crippen molar-refractivity contribution in [1.82, 2.24) is 4.37 Å². The number of hydrogen-bond acceptors (Lipinski definition) is 4. The molecule has 3 rings (SSSR count). The van der Waals surface area contributed by atoms with E-state index in [-0.39, 0.29) is 5.91 Å². The molecule has 0 fully saturated rings. The van der Waals surface area contributed by atoms with E-state index in [2.05, 4.69) is 10.4 Å². The molecule has 1 amide bonds. The molecule has 1 aromatic carbocycles. The summed E-state index contributed by atoms with van der Waals surface area (Å²) in [6.45, 7) is 0.758. The number of carbonyl (C=O) groups is 1. The standard InChI is InChI=1S/C13H13N3OS/c14-12-8-11(18-15-12)13(17)16-7-3-5-9-4-1-2-6-10(9)16/h1-2,4,6,8H,3,5,7H2,(H2,14,15). The van der Waals surface area contributed by atoms with Crippen LogP contribution in [0.2, 0.25) is 0 Å². The van der Waals surface area contributed by atoms with Gasteiger partial charge in [-0.15, -0.1) is 0 Å². The number of aromatic nitrogens is 1. The van der Waals surface area contributed by atoms with Gasteiger partial charge in [-0.2, -0.15) is 4.37 Å². The number of amides is 1. The Morgan fingerprint density at radius 1 is 1.39 bits per heavy atom. The summed E-state index contributed by atoms with van der Waals surface area (Å²) < 4.78 is 3.96. The third kappa shape index (κ3) is 1.86. The Balaban J connectivity index is 1.96. The van der Waals surface area contributed by atoms with Crippen molar-refractivity contribution in [2.45, 2.75) is 12.8 Å². The van der Waals surface area contributed by atoms with E-state index >= 15 is 0 Å². The maximum absolute atomic E-state index is 12.4. The van der Waals surface area contributed by atoms with Crippen LogP contribution in [0, 0.1) is 0 Å². The molecule has 18 heavy (non-hydrogen) atoms. The van der Waals surface area contributed by atoms with E-state index in [0.29, 0.717) is 10.7 Å². The molecule has 0 atom stereocenters. The van der Waals surface area contributed by atoms with Crippen LogP contribution in [-0.4, -0.2) is 16.8 Å². The van der Waals surface area contributed by atoms with Gasteiger partial charge in [0.05, 0.1) is 0 Å². The Hall–Kier alpha value is -1.88. The Morgan fingerprint density at radius 2 is 2.22 bits per heavy atom. The monoisotopic (exact) mass is 259 g/mol. The number of nitrogens with two attached hydrogens (primary N) is 1. The molecule has 1 aliphatic rings. The number of nitrogen functional groups attached to an aromatic ring is 1. The second-order valence-corrected chi connectivity index (χ2v) is 5.11. The summed E-state index contributed by atoms with van der Waals surface area (Å²) in [6.07, 6.45) is 2.03. The third-order valence-electron chi connectivity index (χ3n) is 3.09. The molecule has 4 nitrogen and oxygen atoms in total. The van der Waals surface area contributed by atoms with Crippen LogP contribution in [0.5, 0.6) is 0 Å². The van der Waals surface area contributed by atoms with E-state index in [1.165, 1.54) is 5.56 Å². The van der Waals surface area contributed by atoms with Gasteiger partial charge in [-0.3, -0.25) is 4.79 Å². The first kappa shape index (κ1) is 11.2. The van der Waals surface area contributed by atoms with Crippen LogP contribution in [0.4, 0.5) is 11.5 Å². The Morgan fingerprint density at radius 3 is 3.00 bits per heavy atom. The zero-order valence-corrected chi connectivity index (χ0v) is 10.6. The molecule has 0 bridgehead atoms. The van der Waals surface area contributed by atoms with Crippen LogP contribution in [-0.2, 0) is 6.42 Å². The van der Waals surface area contributed by atoms with Gasteiger partial charge >= 0.3 is 0 Å². The molecule has 0 aliphatic carbocycles. The van der Waals surface area contributed by atoms with Gasteiger partial charge in [0.15, 0.2) is 0 Å². The summed E-state index contributed by atoms with van der Waals surface area (Å²) in [4.78, 5) is 14.8. The summed E-state index contributed by atoms with van der Waals surface area (Å²) >= 11 is 1.16. The largest absolute Gasteiger partial charge is 0.383 e. The van der Waals surface area contributed by atoms with Gasteiger partial charge in [0.25, 0.3) is 5.91 Å². The highest BCUT2D eigenvalue weighted by atomic mass is 32.1. The van der Waals surface area contributed by atoms with E-state index in [1.807, 2.05) is 23.1 Å². The van der Waals surface area contributed by atoms with Crippen molar-refractivity contribution in [1.29, 1.82) is 0 Å². The van der Waals surface area contributed by atoms with Crippen molar-refractivity contribution in [3.63, 3.8) is 0 Å². The Kier molecular flexibility index (Phi) is 2.76. The molecule has 2 N–H and O–H groups in total. The van der Waals surface area contributed by atoms with E-state index in [1.54, 1.807) is 6.07 Å². The van der Waals surface area contributed by atoms with Crippen LogP contribution in [0.15, 0.2) is 30.3 Å². The average Bonchev–Trinajstić information content (AvgIpc) is 2.84. The first-order chi connectivity index (χ1) is 8.75. The number of rotatable bonds is 1. The minimum Gasteiger partial charge on any atom is -0.383 e. The summed E-state index contributed by atoms with van der Waals surface area (Å²) in [5, 5.41) is 0. The highest BCUT2D eigenvalue weighted by molar-refractivity contribution is 7.08. The lowest BCUT2D eigenvalue weighted by Crippen LogP contribution is -2.34. The highest BCUT2D eigenvalue weighted by Gasteiger charge is 2.24. The number of aryl methyl sites for hydroxylation is 1. The van der Waals surface area contributed by atoms with E-state index in [4.69, 9.17) is 5.73 Å². The predicted octanol–water partition coefficient (Wildman–Crippen LogP) is 2.32. The lowest BCUT2D eigenvalue weighted by atomic mass is 10.0. The molecule has 0 spiro atoms. The number of hydrogen-bond donors (Lipinski definition) is 1. The number of anilines is 2. The highest BCUT2D eigenvalue weighted by Crippen LogP contribution is 2.28. The SMILES string of the molecule is Nc1cc(C(=O)N2CCCc3ccccc32)sn1. The van der Waals surface area contributed by atoms with Crippen LogP contribution in [0.1, 0.15) is 21.7 Å². The smallest absolute Gasteiger partial charge is 0.270 e. The van der Waals surface area contributed by atoms with Crippen molar-refractivity contribution >= 4 is 28.9 Å². The quantitative estimate of drug-likeness (QED) is 0.855. The molecular weight excluding hydrogens is 246 g/mol. The lowest BCUT2D eigenvalue weighted by Gasteiger charge is -2.28. The molecule has 2 aromatic rings. The molecule has 5 heteroatoms. The summed E-state index contributed by atoms with van der Waals surface area (Å²) in [7, 11) is 0. The number of para-hydroxylation sites is 1. The molecule has 0 unspecified atom stereocenters. The zero-order chi connectivity index (χ0) is 12.5. The molecule has 2 heterocycles. The molecule has 92 valence electrons. The van der Waals surface area contributed by atoms with E-state index in [0.717, 1.165) is 36.6 Å². The molecule has 1 aliphatic heterocycles. The second-order valence-electron chi connectivity index (χ2n) is 4.31. The zero-order valence-electron chi connectivity index (χ0n) is 9.80. The molecule has 0 radical (unpaired) electrons.